The van der Waals surface area contributed by atoms with E-state index >= 15 is 0 Å². The number of rotatable bonds is 13. The van der Waals surface area contributed by atoms with Gasteiger partial charge in [0.1, 0.15) is 0 Å². The summed E-state index contributed by atoms with van der Waals surface area (Å²) in [5, 5.41) is 7.12. The van der Waals surface area contributed by atoms with E-state index in [2.05, 4.69) is 20.1 Å². The Hall–Kier alpha value is -4.66. The molecular formula is C28H30N8O4. The second kappa shape index (κ2) is 12.5. The summed E-state index contributed by atoms with van der Waals surface area (Å²) in [6.07, 6.45) is 6.96. The van der Waals surface area contributed by atoms with Crippen LogP contribution in [0.3, 0.4) is 0 Å². The first-order valence-electron chi connectivity index (χ1n) is 13.4. The molecule has 0 N–H and O–H groups in total. The van der Waals surface area contributed by atoms with Gasteiger partial charge >= 0.3 is 0 Å². The van der Waals surface area contributed by atoms with E-state index in [0.29, 0.717) is 12.8 Å². The van der Waals surface area contributed by atoms with Crippen molar-refractivity contribution < 1.29 is 19.2 Å². The predicted molar refractivity (Wildman–Crippen MR) is 147 cm³/mol. The predicted octanol–water partition coefficient (Wildman–Crippen LogP) is 7.36. The lowest BCUT2D eigenvalue weighted by atomic mass is 10.0. The summed E-state index contributed by atoms with van der Waals surface area (Å²) in [6, 6.07) is 8.87. The highest BCUT2D eigenvalue weighted by Crippen LogP contribution is 2.34. The molecule has 0 aromatic heterocycles. The van der Waals surface area contributed by atoms with Gasteiger partial charge in [-0.1, -0.05) is 73.0 Å². The van der Waals surface area contributed by atoms with Crippen LogP contribution in [0.1, 0.15) is 107 Å². The summed E-state index contributed by atoms with van der Waals surface area (Å²) < 4.78 is 0. The zero-order valence-corrected chi connectivity index (χ0v) is 22.5. The van der Waals surface area contributed by atoms with Gasteiger partial charge in [0.2, 0.25) is 0 Å². The summed E-state index contributed by atoms with van der Waals surface area (Å²) >= 11 is 0. The van der Waals surface area contributed by atoms with Crippen molar-refractivity contribution in [3.05, 3.63) is 79.5 Å². The molecule has 0 fully saturated rings. The number of amides is 4. The molecule has 0 saturated heterocycles. The molecule has 0 bridgehead atoms. The van der Waals surface area contributed by atoms with Crippen LogP contribution in [0.25, 0.3) is 20.9 Å². The molecule has 0 radical (unpaired) electrons. The first-order valence-corrected chi connectivity index (χ1v) is 13.4. The minimum absolute atomic E-state index is 0.170. The van der Waals surface area contributed by atoms with Crippen molar-refractivity contribution in [2.24, 2.45) is 10.2 Å². The van der Waals surface area contributed by atoms with E-state index < -0.39 is 11.8 Å². The minimum atomic E-state index is -0.420. The van der Waals surface area contributed by atoms with Gasteiger partial charge < -0.3 is 0 Å². The Morgan fingerprint density at radius 1 is 0.625 bits per heavy atom. The molecule has 2 unspecified atom stereocenters. The molecule has 2 aromatic carbocycles. The van der Waals surface area contributed by atoms with Crippen LogP contribution in [0.4, 0.5) is 11.4 Å². The fraction of sp³-hybridized carbons (Fsp3) is 0.429. The van der Waals surface area contributed by atoms with Crippen LogP contribution >= 0.6 is 0 Å². The topological polar surface area (TPSA) is 172 Å². The van der Waals surface area contributed by atoms with E-state index in [4.69, 9.17) is 11.1 Å². The second-order valence-electron chi connectivity index (χ2n) is 10.1. The molecule has 2 aliphatic heterocycles. The fourth-order valence-corrected chi connectivity index (χ4v) is 5.48. The Labute approximate surface area is 231 Å². The minimum Gasteiger partial charge on any atom is -0.271 e. The highest BCUT2D eigenvalue weighted by Gasteiger charge is 2.40. The number of benzene rings is 2. The maximum atomic E-state index is 12.9. The van der Waals surface area contributed by atoms with Gasteiger partial charge in [0, 0.05) is 21.9 Å². The van der Waals surface area contributed by atoms with Gasteiger partial charge in [-0.25, -0.2) is 0 Å². The summed E-state index contributed by atoms with van der Waals surface area (Å²) in [4.78, 5) is 59.5. The van der Waals surface area contributed by atoms with Crippen molar-refractivity contribution in [2.75, 3.05) is 0 Å². The van der Waals surface area contributed by atoms with E-state index in [-0.39, 0.29) is 57.5 Å². The molecule has 12 nitrogen and oxygen atoms in total. The van der Waals surface area contributed by atoms with Crippen molar-refractivity contribution in [1.82, 2.24) is 9.80 Å². The Bertz CT molecular complexity index is 1350. The lowest BCUT2D eigenvalue weighted by Gasteiger charge is -2.23. The van der Waals surface area contributed by atoms with Gasteiger partial charge in [0.15, 0.2) is 0 Å². The molecule has 2 aliphatic rings. The van der Waals surface area contributed by atoms with Gasteiger partial charge in [-0.15, -0.1) is 0 Å². The van der Waals surface area contributed by atoms with Crippen molar-refractivity contribution in [3.63, 3.8) is 0 Å². The van der Waals surface area contributed by atoms with Crippen LogP contribution < -0.4 is 0 Å². The molecule has 40 heavy (non-hydrogen) atoms. The van der Waals surface area contributed by atoms with Crippen molar-refractivity contribution >= 4 is 35.0 Å². The van der Waals surface area contributed by atoms with Gasteiger partial charge in [0.05, 0.1) is 33.6 Å². The Morgan fingerprint density at radius 2 is 1.00 bits per heavy atom. The number of hydrogen-bond donors (Lipinski definition) is 0. The van der Waals surface area contributed by atoms with Crippen molar-refractivity contribution in [1.29, 1.82) is 0 Å². The average Bonchev–Trinajstić information content (AvgIpc) is 3.35. The number of imide groups is 2. The van der Waals surface area contributed by atoms with Crippen LogP contribution in [0, 0.1) is 0 Å². The SMILES string of the molecule is CC(CCCCCCCCC(C)N1C(=O)c2cccc(N=[N+]=[N-])c2C1=O)N1C(=O)c2cccc(N=[N+]=[N-])c2C1=O. The molecule has 4 amide bonds. The van der Waals surface area contributed by atoms with Gasteiger partial charge in [0.25, 0.3) is 23.6 Å². The van der Waals surface area contributed by atoms with Crippen molar-refractivity contribution in [2.45, 2.75) is 77.3 Å². The highest BCUT2D eigenvalue weighted by molar-refractivity contribution is 6.24. The number of unbranched alkanes of at least 4 members (excludes halogenated alkanes) is 5. The van der Waals surface area contributed by atoms with E-state index in [9.17, 15) is 19.2 Å². The number of azide groups is 2. The third kappa shape index (κ3) is 5.40. The molecule has 0 saturated carbocycles. The third-order valence-electron chi connectivity index (χ3n) is 7.53. The standard InChI is InChI=1S/C28H30N8O4/c1-17(35-25(37)19-13-9-15-21(31-33-29)23(19)27(35)39)11-7-5-3-4-6-8-12-18(2)36-26(38)20-14-10-16-22(32-34-30)24(20)28(36)40/h9-10,13-18H,3-8,11-12H2,1-2H3. The van der Waals surface area contributed by atoms with Crippen molar-refractivity contribution in [3.8, 4) is 0 Å². The van der Waals surface area contributed by atoms with Gasteiger partial charge in [-0.2, -0.15) is 0 Å². The number of carbonyl (C=O) groups is 4. The summed E-state index contributed by atoms with van der Waals surface area (Å²) in [5.74, 6) is -1.55. The van der Waals surface area contributed by atoms with E-state index in [1.54, 1.807) is 24.3 Å². The number of fused-ring (bicyclic) bond motifs is 2. The number of hydrogen-bond acceptors (Lipinski definition) is 6. The maximum Gasteiger partial charge on any atom is 0.262 e. The molecule has 0 aliphatic carbocycles. The average molecular weight is 543 g/mol. The number of carbonyl (C=O) groups excluding carboxylic acids is 4. The lowest BCUT2D eigenvalue weighted by molar-refractivity contribution is 0.0571. The molecule has 4 rings (SSSR count). The van der Waals surface area contributed by atoms with Crippen LogP contribution in [0.2, 0.25) is 0 Å². The summed E-state index contributed by atoms with van der Waals surface area (Å²) in [6.45, 7) is 3.70. The van der Waals surface area contributed by atoms with Crippen LogP contribution in [0.15, 0.2) is 46.6 Å². The molecule has 2 aromatic rings. The second-order valence-corrected chi connectivity index (χ2v) is 10.1. The third-order valence-corrected chi connectivity index (χ3v) is 7.53. The van der Waals surface area contributed by atoms with E-state index in [1.165, 1.54) is 21.9 Å². The Morgan fingerprint density at radius 3 is 1.38 bits per heavy atom. The molecule has 0 spiro atoms. The number of nitrogens with zero attached hydrogens (tertiary/aromatic N) is 8. The molecule has 2 heterocycles. The first kappa shape index (κ1) is 28.4. The van der Waals surface area contributed by atoms with Gasteiger partial charge in [-0.3, -0.25) is 29.0 Å². The molecule has 206 valence electrons. The summed E-state index contributed by atoms with van der Waals surface area (Å²) in [5.41, 5.74) is 18.7. The van der Waals surface area contributed by atoms with E-state index in [0.717, 1.165) is 38.5 Å². The monoisotopic (exact) mass is 542 g/mol. The molecule has 12 heteroatoms. The van der Waals surface area contributed by atoms with Crippen LogP contribution in [-0.4, -0.2) is 45.5 Å². The first-order chi connectivity index (χ1) is 19.3. The fourth-order valence-electron chi connectivity index (χ4n) is 5.48. The summed E-state index contributed by atoms with van der Waals surface area (Å²) in [7, 11) is 0. The molecular weight excluding hydrogens is 512 g/mol. The largest absolute Gasteiger partial charge is 0.271 e. The Balaban J connectivity index is 1.17. The Kier molecular flexibility index (Phi) is 8.83. The van der Waals surface area contributed by atoms with Gasteiger partial charge in [-0.05, 0) is 49.9 Å². The smallest absolute Gasteiger partial charge is 0.262 e. The zero-order valence-electron chi connectivity index (χ0n) is 22.5. The molecule has 2 atom stereocenters. The zero-order chi connectivity index (χ0) is 28.8. The highest BCUT2D eigenvalue weighted by atomic mass is 16.2. The normalized spacial score (nSPS) is 15.4. The quantitative estimate of drug-likeness (QED) is 0.0846. The van der Waals surface area contributed by atoms with Crippen LogP contribution in [-0.2, 0) is 0 Å². The van der Waals surface area contributed by atoms with Crippen LogP contribution in [0.5, 0.6) is 0 Å². The van der Waals surface area contributed by atoms with E-state index in [1.807, 2.05) is 13.8 Å². The maximum absolute atomic E-state index is 12.9. The lowest BCUT2D eigenvalue weighted by Crippen LogP contribution is -2.38.